The van der Waals surface area contributed by atoms with Gasteiger partial charge in [-0.15, -0.1) is 0 Å². The fourth-order valence-corrected chi connectivity index (χ4v) is 4.07. The van der Waals surface area contributed by atoms with Gasteiger partial charge < -0.3 is 4.74 Å². The van der Waals surface area contributed by atoms with E-state index in [1.807, 2.05) is 0 Å². The standard InChI is InChI=1S/C8H3Br5O2/c9-3-4(10)6(12)8(15-2-1-14)7(13)5(3)11/h1H,2H2. The summed E-state index contributed by atoms with van der Waals surface area (Å²) >= 11 is 16.9. The molecule has 0 N–H and O–H groups in total. The van der Waals surface area contributed by atoms with E-state index in [1.165, 1.54) is 0 Å². The molecule has 0 aliphatic heterocycles. The molecule has 15 heavy (non-hydrogen) atoms. The number of halogens is 5. The molecule has 0 radical (unpaired) electrons. The van der Waals surface area contributed by atoms with Gasteiger partial charge >= 0.3 is 0 Å². The molecule has 82 valence electrons. The van der Waals surface area contributed by atoms with Crippen LogP contribution in [0, 0.1) is 0 Å². The van der Waals surface area contributed by atoms with Crippen molar-refractivity contribution >= 4 is 85.9 Å². The molecule has 0 atom stereocenters. The van der Waals surface area contributed by atoms with E-state index in [-0.39, 0.29) is 6.61 Å². The zero-order chi connectivity index (χ0) is 11.6. The summed E-state index contributed by atoms with van der Waals surface area (Å²) in [6, 6.07) is 0. The number of hydrogen-bond donors (Lipinski definition) is 0. The zero-order valence-electron chi connectivity index (χ0n) is 6.99. The van der Waals surface area contributed by atoms with Crippen molar-refractivity contribution in [1.82, 2.24) is 0 Å². The monoisotopic (exact) mass is 526 g/mol. The Labute approximate surface area is 129 Å². The maximum absolute atomic E-state index is 10.2. The first-order chi connectivity index (χ1) is 7.00. The normalized spacial score (nSPS) is 10.2. The van der Waals surface area contributed by atoms with Crippen molar-refractivity contribution in [2.45, 2.75) is 0 Å². The van der Waals surface area contributed by atoms with Crippen molar-refractivity contribution < 1.29 is 9.53 Å². The highest BCUT2D eigenvalue weighted by atomic mass is 79.9. The predicted molar refractivity (Wildman–Crippen MR) is 76.5 cm³/mol. The van der Waals surface area contributed by atoms with Crippen molar-refractivity contribution in [2.24, 2.45) is 0 Å². The van der Waals surface area contributed by atoms with E-state index < -0.39 is 0 Å². The van der Waals surface area contributed by atoms with E-state index in [1.54, 1.807) is 0 Å². The molecule has 0 saturated heterocycles. The van der Waals surface area contributed by atoms with Gasteiger partial charge in [-0.3, -0.25) is 4.79 Å². The lowest BCUT2D eigenvalue weighted by molar-refractivity contribution is -0.109. The van der Waals surface area contributed by atoms with Gasteiger partial charge in [-0.1, -0.05) is 0 Å². The van der Waals surface area contributed by atoms with Crippen molar-refractivity contribution in [3.8, 4) is 5.75 Å². The second-order valence-electron chi connectivity index (χ2n) is 2.38. The molecular formula is C8H3Br5O2. The number of ether oxygens (including phenoxy) is 1. The minimum Gasteiger partial charge on any atom is -0.484 e. The molecular weight excluding hydrogens is 528 g/mol. The molecule has 1 aromatic rings. The molecule has 0 aromatic heterocycles. The zero-order valence-corrected chi connectivity index (χ0v) is 14.9. The van der Waals surface area contributed by atoms with Crippen LogP contribution in [0.4, 0.5) is 0 Å². The average Bonchev–Trinajstić information content (AvgIpc) is 2.24. The summed E-state index contributed by atoms with van der Waals surface area (Å²) in [5.41, 5.74) is 0. The van der Waals surface area contributed by atoms with Gasteiger partial charge in [-0.2, -0.15) is 0 Å². The third kappa shape index (κ3) is 3.06. The number of hydrogen-bond acceptors (Lipinski definition) is 2. The van der Waals surface area contributed by atoms with E-state index >= 15 is 0 Å². The van der Waals surface area contributed by atoms with Crippen LogP contribution in [-0.2, 0) is 4.79 Å². The summed E-state index contributed by atoms with van der Waals surface area (Å²) < 4.78 is 9.27. The number of carbonyl (C=O) groups excluding carboxylic acids is 1. The van der Waals surface area contributed by atoms with Gasteiger partial charge in [-0.05, 0) is 79.6 Å². The molecule has 0 bridgehead atoms. The van der Waals surface area contributed by atoms with Gasteiger partial charge in [0.05, 0.1) is 17.9 Å². The lowest BCUT2D eigenvalue weighted by atomic mass is 10.3. The highest BCUT2D eigenvalue weighted by Gasteiger charge is 2.18. The molecule has 0 unspecified atom stereocenters. The number of aldehydes is 1. The smallest absolute Gasteiger partial charge is 0.157 e. The Morgan fingerprint density at radius 3 is 1.67 bits per heavy atom. The molecule has 0 saturated carbocycles. The molecule has 0 amide bonds. The van der Waals surface area contributed by atoms with E-state index in [9.17, 15) is 4.79 Å². The molecule has 0 aliphatic rings. The number of rotatable bonds is 3. The van der Waals surface area contributed by atoms with E-state index in [0.29, 0.717) is 12.0 Å². The Morgan fingerprint density at radius 2 is 1.27 bits per heavy atom. The summed E-state index contributed by atoms with van der Waals surface area (Å²) in [5, 5.41) is 0. The maximum atomic E-state index is 10.2. The maximum Gasteiger partial charge on any atom is 0.157 e. The molecule has 0 aliphatic carbocycles. The first-order valence-electron chi connectivity index (χ1n) is 3.58. The molecule has 7 heteroatoms. The van der Waals surface area contributed by atoms with Crippen LogP contribution < -0.4 is 4.74 Å². The van der Waals surface area contributed by atoms with Crippen LogP contribution in [0.1, 0.15) is 0 Å². The second-order valence-corrected chi connectivity index (χ2v) is 6.34. The van der Waals surface area contributed by atoms with Crippen LogP contribution in [0.3, 0.4) is 0 Å². The minimum atomic E-state index is 0.0116. The Kier molecular flexibility index (Phi) is 5.79. The summed E-state index contributed by atoms with van der Waals surface area (Å²) in [4.78, 5) is 10.2. The van der Waals surface area contributed by atoms with Gasteiger partial charge in [0.2, 0.25) is 0 Å². The third-order valence-electron chi connectivity index (χ3n) is 1.47. The van der Waals surface area contributed by atoms with Crippen LogP contribution in [0.25, 0.3) is 0 Å². The van der Waals surface area contributed by atoms with Gasteiger partial charge in [0.15, 0.2) is 12.0 Å². The lowest BCUT2D eigenvalue weighted by Crippen LogP contribution is -2.00. The van der Waals surface area contributed by atoms with Crippen LogP contribution in [0.15, 0.2) is 22.4 Å². The highest BCUT2D eigenvalue weighted by molar-refractivity contribution is 9.15. The van der Waals surface area contributed by atoms with Crippen LogP contribution >= 0.6 is 79.6 Å². The van der Waals surface area contributed by atoms with Gasteiger partial charge in [-0.25, -0.2) is 0 Å². The molecule has 1 aromatic carbocycles. The number of carbonyl (C=O) groups is 1. The summed E-state index contributed by atoms with van der Waals surface area (Å²) in [7, 11) is 0. The Morgan fingerprint density at radius 1 is 0.867 bits per heavy atom. The van der Waals surface area contributed by atoms with Gasteiger partial charge in [0.1, 0.15) is 6.61 Å². The fraction of sp³-hybridized carbons (Fsp3) is 0.125. The molecule has 0 spiro atoms. The SMILES string of the molecule is O=CCOc1c(Br)c(Br)c(Br)c(Br)c1Br. The third-order valence-corrected chi connectivity index (χ3v) is 7.49. The van der Waals surface area contributed by atoms with E-state index in [0.717, 1.165) is 22.4 Å². The topological polar surface area (TPSA) is 26.3 Å². The minimum absolute atomic E-state index is 0.0116. The molecule has 0 fully saturated rings. The van der Waals surface area contributed by atoms with Gasteiger partial charge in [0.25, 0.3) is 0 Å². The summed E-state index contributed by atoms with van der Waals surface area (Å²) in [5.74, 6) is 0.573. The van der Waals surface area contributed by atoms with Gasteiger partial charge in [0, 0.05) is 4.47 Å². The summed E-state index contributed by atoms with van der Waals surface area (Å²) in [6.45, 7) is 0.0116. The lowest BCUT2D eigenvalue weighted by Gasteiger charge is -2.12. The highest BCUT2D eigenvalue weighted by Crippen LogP contribution is 2.48. The average molecular weight is 531 g/mol. The van der Waals surface area contributed by atoms with Crippen molar-refractivity contribution in [3.63, 3.8) is 0 Å². The number of benzene rings is 1. The first-order valence-corrected chi connectivity index (χ1v) is 7.55. The Bertz CT molecular complexity index is 376. The van der Waals surface area contributed by atoms with Crippen molar-refractivity contribution in [2.75, 3.05) is 6.61 Å². The first kappa shape index (κ1) is 14.2. The quantitative estimate of drug-likeness (QED) is 0.310. The Balaban J connectivity index is 3.31. The van der Waals surface area contributed by atoms with Crippen molar-refractivity contribution in [1.29, 1.82) is 0 Å². The van der Waals surface area contributed by atoms with Crippen LogP contribution in [0.2, 0.25) is 0 Å². The van der Waals surface area contributed by atoms with E-state index in [4.69, 9.17) is 4.74 Å². The second kappa shape index (κ2) is 6.14. The molecule has 0 heterocycles. The predicted octanol–water partition coefficient (Wildman–Crippen LogP) is 5.08. The summed E-state index contributed by atoms with van der Waals surface area (Å²) in [6.07, 6.45) is 0.697. The molecule has 1 rings (SSSR count). The van der Waals surface area contributed by atoms with Crippen molar-refractivity contribution in [3.05, 3.63) is 22.4 Å². The van der Waals surface area contributed by atoms with E-state index in [2.05, 4.69) is 79.6 Å². The Hall–Kier alpha value is 1.09. The molecule has 2 nitrogen and oxygen atoms in total. The van der Waals surface area contributed by atoms with Crippen LogP contribution in [0.5, 0.6) is 5.75 Å². The largest absolute Gasteiger partial charge is 0.484 e. The van der Waals surface area contributed by atoms with Crippen LogP contribution in [-0.4, -0.2) is 12.9 Å². The fourth-order valence-electron chi connectivity index (χ4n) is 0.829.